The van der Waals surface area contributed by atoms with Gasteiger partial charge in [0.1, 0.15) is 0 Å². The molecule has 70 valence electrons. The molecule has 0 aliphatic heterocycles. The lowest BCUT2D eigenvalue weighted by molar-refractivity contribution is 0.549. The summed E-state index contributed by atoms with van der Waals surface area (Å²) in [6.07, 6.45) is 11.9. The van der Waals surface area contributed by atoms with Crippen molar-refractivity contribution in [3.63, 3.8) is 0 Å². The van der Waals surface area contributed by atoms with Gasteiger partial charge in [0, 0.05) is 0 Å². The van der Waals surface area contributed by atoms with Crippen LogP contribution in [0.3, 0.4) is 0 Å². The molecule has 12 heavy (non-hydrogen) atoms. The highest BCUT2D eigenvalue weighted by Gasteiger charge is 2.09. The van der Waals surface area contributed by atoms with Crippen LogP contribution in [0, 0.1) is 5.92 Å². The van der Waals surface area contributed by atoms with Gasteiger partial charge in [0.2, 0.25) is 0 Å². The van der Waals surface area contributed by atoms with E-state index >= 15 is 0 Å². The summed E-state index contributed by atoms with van der Waals surface area (Å²) in [7, 11) is 0. The first kappa shape index (κ1) is 11.5. The summed E-state index contributed by atoms with van der Waals surface area (Å²) in [5.74, 6) is 0.847. The molecule has 0 amide bonds. The van der Waals surface area contributed by atoms with Gasteiger partial charge in [-0.3, -0.25) is 0 Å². The summed E-state index contributed by atoms with van der Waals surface area (Å²) in [5.41, 5.74) is 1.66. The molecule has 0 aromatic rings. The molecule has 0 atom stereocenters. The average Bonchev–Trinajstić information content (AvgIpc) is 2.09. The van der Waals surface area contributed by atoms with E-state index in [1.807, 2.05) is 0 Å². The molecule has 1 aliphatic rings. The predicted molar refractivity (Wildman–Crippen MR) is 57.3 cm³/mol. The van der Waals surface area contributed by atoms with Crippen molar-refractivity contribution in [3.8, 4) is 0 Å². The van der Waals surface area contributed by atoms with Gasteiger partial charge < -0.3 is 0 Å². The Morgan fingerprint density at radius 2 is 2.00 bits per heavy atom. The summed E-state index contributed by atoms with van der Waals surface area (Å²) < 4.78 is 0. The lowest BCUT2D eigenvalue weighted by Crippen LogP contribution is -2.02. The molecule has 0 spiro atoms. The lowest BCUT2D eigenvalue weighted by Gasteiger charge is -2.17. The van der Waals surface area contributed by atoms with Gasteiger partial charge >= 0.3 is 0 Å². The van der Waals surface area contributed by atoms with Gasteiger partial charge in [-0.25, -0.2) is 0 Å². The summed E-state index contributed by atoms with van der Waals surface area (Å²) in [6.45, 7) is 4.57. The number of hydrogen-bond donors (Lipinski definition) is 0. The van der Waals surface area contributed by atoms with Crippen LogP contribution < -0.4 is 0 Å². The zero-order valence-electron chi connectivity index (χ0n) is 7.64. The van der Waals surface area contributed by atoms with E-state index in [0.717, 1.165) is 5.92 Å². The zero-order chi connectivity index (χ0) is 8.10. The Bertz CT molecular complexity index is 159. The van der Waals surface area contributed by atoms with Crippen molar-refractivity contribution >= 4 is 0 Å². The van der Waals surface area contributed by atoms with Crippen LogP contribution in [-0.2, 0) is 0 Å². The highest BCUT2D eigenvalue weighted by atomic mass is 14.1. The van der Waals surface area contributed by atoms with Crippen molar-refractivity contribution in [2.24, 2.45) is 5.92 Å². The van der Waals surface area contributed by atoms with E-state index in [0.29, 0.717) is 0 Å². The Labute approximate surface area is 77.4 Å². The monoisotopic (exact) mass is 166 g/mol. The number of allylic oxidation sites excluding steroid dienone is 4. The predicted octanol–water partition coefficient (Wildman–Crippen LogP) is 4.34. The first-order valence-electron chi connectivity index (χ1n) is 4.74. The van der Waals surface area contributed by atoms with E-state index in [9.17, 15) is 0 Å². The summed E-state index contributed by atoms with van der Waals surface area (Å²) >= 11 is 0. The fourth-order valence-electron chi connectivity index (χ4n) is 1.77. The molecule has 1 aliphatic carbocycles. The van der Waals surface area contributed by atoms with Crippen LogP contribution in [0.5, 0.6) is 0 Å². The van der Waals surface area contributed by atoms with Crippen LogP contribution in [0.2, 0.25) is 0 Å². The largest absolute Gasteiger partial charge is 0.0842 e. The minimum absolute atomic E-state index is 0. The maximum absolute atomic E-state index is 2.31. The van der Waals surface area contributed by atoms with Crippen molar-refractivity contribution in [2.45, 2.75) is 47.0 Å². The SMILES string of the molecule is C.CCC(CC)C1=CC=CCC1. The van der Waals surface area contributed by atoms with Crippen molar-refractivity contribution in [2.75, 3.05) is 0 Å². The second-order valence-electron chi connectivity index (χ2n) is 3.22. The number of hydrogen-bond acceptors (Lipinski definition) is 0. The molecule has 0 saturated heterocycles. The Hall–Kier alpha value is -0.520. The highest BCUT2D eigenvalue weighted by molar-refractivity contribution is 5.19. The standard InChI is InChI=1S/C11H18.CH4/c1-3-10(4-2)11-8-6-5-7-9-11;/h5-6,8,10H,3-4,7,9H2,1-2H3;1H4. The second-order valence-corrected chi connectivity index (χ2v) is 3.22. The molecule has 1 rings (SSSR count). The fourth-order valence-corrected chi connectivity index (χ4v) is 1.77. The molecule has 0 nitrogen and oxygen atoms in total. The molecule has 0 fully saturated rings. The Balaban J connectivity index is 0.00000121. The van der Waals surface area contributed by atoms with Crippen LogP contribution in [-0.4, -0.2) is 0 Å². The van der Waals surface area contributed by atoms with Crippen molar-refractivity contribution < 1.29 is 0 Å². The number of rotatable bonds is 3. The van der Waals surface area contributed by atoms with E-state index in [-0.39, 0.29) is 7.43 Å². The molecule has 0 bridgehead atoms. The third-order valence-electron chi connectivity index (χ3n) is 2.56. The summed E-state index contributed by atoms with van der Waals surface area (Å²) in [6, 6.07) is 0. The van der Waals surface area contributed by atoms with E-state index in [1.165, 1.54) is 25.7 Å². The molecule has 0 aromatic carbocycles. The summed E-state index contributed by atoms with van der Waals surface area (Å²) in [5, 5.41) is 0. The van der Waals surface area contributed by atoms with Gasteiger partial charge in [-0.05, 0) is 31.6 Å². The quantitative estimate of drug-likeness (QED) is 0.585. The van der Waals surface area contributed by atoms with Gasteiger partial charge in [0.05, 0.1) is 0 Å². The smallest absolute Gasteiger partial charge is 0.0205 e. The molecule has 0 heteroatoms. The van der Waals surface area contributed by atoms with Gasteiger partial charge in [-0.1, -0.05) is 45.1 Å². The molecular weight excluding hydrogens is 144 g/mol. The third-order valence-corrected chi connectivity index (χ3v) is 2.56. The highest BCUT2D eigenvalue weighted by Crippen LogP contribution is 2.25. The normalized spacial score (nSPS) is 15.8. The molecule has 0 unspecified atom stereocenters. The van der Waals surface area contributed by atoms with Crippen molar-refractivity contribution in [3.05, 3.63) is 23.8 Å². The Morgan fingerprint density at radius 3 is 2.42 bits per heavy atom. The van der Waals surface area contributed by atoms with E-state index < -0.39 is 0 Å². The maximum Gasteiger partial charge on any atom is -0.0205 e. The van der Waals surface area contributed by atoms with Crippen LogP contribution in [0.15, 0.2) is 23.8 Å². The van der Waals surface area contributed by atoms with Crippen LogP contribution >= 0.6 is 0 Å². The third kappa shape index (κ3) is 2.84. The van der Waals surface area contributed by atoms with E-state index in [1.54, 1.807) is 5.57 Å². The summed E-state index contributed by atoms with van der Waals surface area (Å²) in [4.78, 5) is 0. The molecule has 0 radical (unpaired) electrons. The van der Waals surface area contributed by atoms with Crippen molar-refractivity contribution in [1.82, 2.24) is 0 Å². The van der Waals surface area contributed by atoms with Crippen molar-refractivity contribution in [1.29, 1.82) is 0 Å². The Kier molecular flexibility index (Phi) is 5.79. The van der Waals surface area contributed by atoms with Gasteiger partial charge in [0.15, 0.2) is 0 Å². The van der Waals surface area contributed by atoms with Crippen LogP contribution in [0.4, 0.5) is 0 Å². The lowest BCUT2D eigenvalue weighted by atomic mass is 9.88. The molecule has 0 heterocycles. The first-order valence-corrected chi connectivity index (χ1v) is 4.74. The molecule has 0 aromatic heterocycles. The van der Waals surface area contributed by atoms with Gasteiger partial charge in [-0.2, -0.15) is 0 Å². The maximum atomic E-state index is 2.31. The topological polar surface area (TPSA) is 0 Å². The van der Waals surface area contributed by atoms with E-state index in [2.05, 4.69) is 32.1 Å². The molecule has 0 saturated carbocycles. The first-order chi connectivity index (χ1) is 5.38. The fraction of sp³-hybridized carbons (Fsp3) is 0.667. The van der Waals surface area contributed by atoms with E-state index in [4.69, 9.17) is 0 Å². The molecular formula is C12H22. The molecule has 0 N–H and O–H groups in total. The minimum Gasteiger partial charge on any atom is -0.0842 e. The average molecular weight is 166 g/mol. The van der Waals surface area contributed by atoms with Crippen LogP contribution in [0.1, 0.15) is 47.0 Å². The minimum atomic E-state index is 0. The second kappa shape index (κ2) is 6.05. The Morgan fingerprint density at radius 1 is 1.33 bits per heavy atom. The van der Waals surface area contributed by atoms with Gasteiger partial charge in [-0.15, -0.1) is 0 Å². The van der Waals surface area contributed by atoms with Gasteiger partial charge in [0.25, 0.3) is 0 Å². The zero-order valence-corrected chi connectivity index (χ0v) is 7.64. The van der Waals surface area contributed by atoms with Crippen LogP contribution in [0.25, 0.3) is 0 Å².